The van der Waals surface area contributed by atoms with Crippen molar-refractivity contribution in [3.63, 3.8) is 0 Å². The van der Waals surface area contributed by atoms with Crippen LogP contribution in [0, 0.1) is 5.41 Å². The van der Waals surface area contributed by atoms with E-state index >= 15 is 0 Å². The number of hydrogen-bond donors (Lipinski definition) is 4. The van der Waals surface area contributed by atoms with Crippen LogP contribution in [0.4, 0.5) is 9.80 Å². The van der Waals surface area contributed by atoms with Crippen molar-refractivity contribution in [2.45, 2.75) is 38.6 Å². The molecule has 1 aromatic carbocycles. The number of ether oxygens (including phenoxy) is 2. The Morgan fingerprint density at radius 2 is 1.83 bits per heavy atom. The zero-order valence-electron chi connectivity index (χ0n) is 24.3. The lowest BCUT2D eigenvalue weighted by Crippen LogP contribution is -2.62. The van der Waals surface area contributed by atoms with E-state index in [-0.39, 0.29) is 29.8 Å². The highest BCUT2D eigenvalue weighted by Gasteiger charge is 2.50. The molecule has 4 N–H and O–H groups in total. The number of thiophene rings is 1. The van der Waals surface area contributed by atoms with Crippen molar-refractivity contribution in [3.8, 4) is 5.75 Å². The van der Waals surface area contributed by atoms with Crippen LogP contribution in [0.2, 0.25) is 0 Å². The number of hydrogen-bond acceptors (Lipinski definition) is 8. The van der Waals surface area contributed by atoms with Gasteiger partial charge < -0.3 is 30.3 Å². The second-order valence-corrected chi connectivity index (χ2v) is 12.0. The van der Waals surface area contributed by atoms with E-state index in [1.165, 1.54) is 11.3 Å². The number of fused-ring (bicyclic) bond motifs is 1. The second-order valence-electron chi connectivity index (χ2n) is 10.9. The number of nitrogens with one attached hydrogen (secondary N) is 4. The highest BCUT2D eigenvalue weighted by Crippen LogP contribution is 2.42. The molecule has 1 aromatic heterocycles. The molecule has 3 aliphatic heterocycles. The molecule has 0 aliphatic carbocycles. The fraction of sp³-hybridized carbons (Fsp3) is 0.586. The van der Waals surface area contributed by atoms with Crippen LogP contribution in [-0.2, 0) is 14.3 Å². The van der Waals surface area contributed by atoms with Crippen molar-refractivity contribution in [1.29, 1.82) is 0 Å². The SMILES string of the molecule is CCNC(=O)Nc1sc2c(OC)cccc2c1C(=O)N1CCC(N2CCCC3(C2)C(=O)NCCOCCNC3=O)CC1. The number of piperidine rings is 2. The molecule has 2 aromatic rings. The highest BCUT2D eigenvalue weighted by molar-refractivity contribution is 7.23. The summed E-state index contributed by atoms with van der Waals surface area (Å²) in [6, 6.07) is 5.35. The van der Waals surface area contributed by atoms with E-state index in [9.17, 15) is 19.2 Å². The van der Waals surface area contributed by atoms with Gasteiger partial charge in [0.25, 0.3) is 5.91 Å². The Morgan fingerprint density at radius 1 is 1.12 bits per heavy atom. The second kappa shape index (κ2) is 13.3. The molecule has 5 rings (SSSR count). The number of anilines is 1. The molecule has 13 heteroatoms. The van der Waals surface area contributed by atoms with E-state index in [4.69, 9.17) is 9.47 Å². The van der Waals surface area contributed by atoms with Crippen LogP contribution in [0.25, 0.3) is 10.1 Å². The van der Waals surface area contributed by atoms with Crippen LogP contribution < -0.4 is 26.0 Å². The number of urea groups is 1. The van der Waals surface area contributed by atoms with Gasteiger partial charge in [-0.15, -0.1) is 11.3 Å². The first-order valence-corrected chi connectivity index (χ1v) is 15.5. The molecule has 0 unspecified atom stereocenters. The van der Waals surface area contributed by atoms with Gasteiger partial charge in [-0.3, -0.25) is 24.6 Å². The number of methoxy groups -OCH3 is 1. The van der Waals surface area contributed by atoms with E-state index < -0.39 is 5.41 Å². The van der Waals surface area contributed by atoms with E-state index in [1.54, 1.807) is 7.11 Å². The average molecular weight is 601 g/mol. The summed E-state index contributed by atoms with van der Waals surface area (Å²) in [4.78, 5) is 57.0. The zero-order chi connectivity index (χ0) is 29.7. The van der Waals surface area contributed by atoms with Gasteiger partial charge in [0.05, 0.1) is 30.6 Å². The maximum absolute atomic E-state index is 14.0. The summed E-state index contributed by atoms with van der Waals surface area (Å²) >= 11 is 1.33. The molecule has 5 amide bonds. The van der Waals surface area contributed by atoms with Gasteiger partial charge >= 0.3 is 6.03 Å². The fourth-order valence-corrected chi connectivity index (χ4v) is 7.42. The highest BCUT2D eigenvalue weighted by atomic mass is 32.1. The van der Waals surface area contributed by atoms with Gasteiger partial charge in [-0.2, -0.15) is 0 Å². The van der Waals surface area contributed by atoms with Crippen molar-refractivity contribution in [2.75, 3.05) is 71.5 Å². The van der Waals surface area contributed by atoms with E-state index in [0.717, 1.165) is 35.9 Å². The Morgan fingerprint density at radius 3 is 2.50 bits per heavy atom. The number of carbonyl (C=O) groups is 4. The number of nitrogens with zero attached hydrogens (tertiary/aromatic N) is 2. The monoisotopic (exact) mass is 600 g/mol. The molecule has 1 spiro atoms. The summed E-state index contributed by atoms with van der Waals surface area (Å²) in [6.07, 6.45) is 2.70. The van der Waals surface area contributed by atoms with Crippen LogP contribution in [-0.4, -0.2) is 106 Å². The molecule has 0 radical (unpaired) electrons. The van der Waals surface area contributed by atoms with Gasteiger partial charge in [0.15, 0.2) is 0 Å². The van der Waals surface area contributed by atoms with Gasteiger partial charge in [-0.1, -0.05) is 12.1 Å². The van der Waals surface area contributed by atoms with E-state index in [0.29, 0.717) is 75.2 Å². The Labute approximate surface area is 249 Å². The van der Waals surface area contributed by atoms with Crippen LogP contribution in [0.5, 0.6) is 5.75 Å². The quantitative estimate of drug-likeness (QED) is 0.385. The van der Waals surface area contributed by atoms with Crippen LogP contribution in [0.15, 0.2) is 18.2 Å². The van der Waals surface area contributed by atoms with Crippen molar-refractivity contribution in [2.24, 2.45) is 5.41 Å². The lowest BCUT2D eigenvalue weighted by atomic mass is 9.77. The van der Waals surface area contributed by atoms with Crippen molar-refractivity contribution >= 4 is 50.2 Å². The summed E-state index contributed by atoms with van der Waals surface area (Å²) in [7, 11) is 1.59. The molecule has 12 nitrogen and oxygen atoms in total. The molecular formula is C29H40N6O6S. The van der Waals surface area contributed by atoms with Gasteiger partial charge in [0.1, 0.15) is 16.2 Å². The maximum atomic E-state index is 14.0. The molecule has 3 aliphatic rings. The lowest BCUT2D eigenvalue weighted by molar-refractivity contribution is -0.149. The van der Waals surface area contributed by atoms with Crippen molar-refractivity contribution < 1.29 is 28.7 Å². The minimum Gasteiger partial charge on any atom is -0.495 e. The minimum absolute atomic E-state index is 0.136. The first kappa shape index (κ1) is 30.1. The van der Waals surface area contributed by atoms with Crippen LogP contribution in [0.1, 0.15) is 43.0 Å². The predicted octanol–water partition coefficient (Wildman–Crippen LogP) is 2.00. The molecule has 3 saturated heterocycles. The lowest BCUT2D eigenvalue weighted by Gasteiger charge is -2.46. The third kappa shape index (κ3) is 6.04. The molecular weight excluding hydrogens is 560 g/mol. The average Bonchev–Trinajstić information content (AvgIpc) is 3.37. The molecule has 0 bridgehead atoms. The Balaban J connectivity index is 1.31. The number of amides is 5. The molecule has 42 heavy (non-hydrogen) atoms. The molecule has 0 saturated carbocycles. The predicted molar refractivity (Wildman–Crippen MR) is 160 cm³/mol. The first-order chi connectivity index (χ1) is 20.4. The Bertz CT molecular complexity index is 1300. The number of likely N-dealkylation sites (tertiary alicyclic amines) is 2. The van der Waals surface area contributed by atoms with E-state index in [2.05, 4.69) is 26.2 Å². The molecule has 0 atom stereocenters. The molecule has 228 valence electrons. The third-order valence-corrected chi connectivity index (χ3v) is 9.54. The Hall–Kier alpha value is -3.42. The number of rotatable bonds is 5. The summed E-state index contributed by atoms with van der Waals surface area (Å²) in [5.74, 6) is 0.0296. The third-order valence-electron chi connectivity index (χ3n) is 8.40. The Kier molecular flexibility index (Phi) is 9.49. The smallest absolute Gasteiger partial charge is 0.319 e. The zero-order valence-corrected chi connectivity index (χ0v) is 25.1. The van der Waals surface area contributed by atoms with Crippen LogP contribution >= 0.6 is 11.3 Å². The normalized spacial score (nSPS) is 20.6. The number of benzene rings is 1. The largest absolute Gasteiger partial charge is 0.495 e. The molecule has 4 heterocycles. The van der Waals surface area contributed by atoms with Gasteiger partial charge in [-0.05, 0) is 45.2 Å². The number of carbonyl (C=O) groups excluding carboxylic acids is 4. The minimum atomic E-state index is -1.13. The van der Waals surface area contributed by atoms with Crippen LogP contribution in [0.3, 0.4) is 0 Å². The van der Waals surface area contributed by atoms with Crippen molar-refractivity contribution in [1.82, 2.24) is 25.8 Å². The summed E-state index contributed by atoms with van der Waals surface area (Å²) in [6.45, 7) is 6.13. The standard InChI is InChI=1S/C29H40N6O6S/c1-3-30-28(39)33-24-22(20-6-4-7-21(40-2)23(20)42-24)25(36)34-14-8-19(9-15-34)35-13-5-10-29(18-35)26(37)31-11-16-41-17-12-32-27(29)38/h4,6-7,19H,3,5,8-18H2,1-2H3,(H,31,37)(H,32,38)(H2,30,33,39). The van der Waals surface area contributed by atoms with Crippen molar-refractivity contribution in [3.05, 3.63) is 23.8 Å². The molecule has 3 fully saturated rings. The first-order valence-electron chi connectivity index (χ1n) is 14.7. The van der Waals surface area contributed by atoms with E-state index in [1.807, 2.05) is 30.0 Å². The summed E-state index contributed by atoms with van der Waals surface area (Å²) in [5, 5.41) is 12.6. The summed E-state index contributed by atoms with van der Waals surface area (Å²) < 4.78 is 11.8. The topological polar surface area (TPSA) is 141 Å². The maximum Gasteiger partial charge on any atom is 0.319 e. The fourth-order valence-electron chi connectivity index (χ4n) is 6.24. The van der Waals surface area contributed by atoms with Gasteiger partial charge in [0, 0.05) is 50.7 Å². The van der Waals surface area contributed by atoms with Gasteiger partial charge in [-0.25, -0.2) is 4.79 Å². The van der Waals surface area contributed by atoms with Gasteiger partial charge in [0.2, 0.25) is 11.8 Å². The summed E-state index contributed by atoms with van der Waals surface area (Å²) in [5.41, 5.74) is -0.661.